The largest absolute Gasteiger partial charge is 0.493 e. The molecule has 14 heavy (non-hydrogen) atoms. The van der Waals surface area contributed by atoms with Crippen LogP contribution in [0.25, 0.3) is 0 Å². The molecule has 1 atom stereocenters. The van der Waals surface area contributed by atoms with Crippen LogP contribution in [0.15, 0.2) is 24.3 Å². The number of hydrogen-bond acceptors (Lipinski definition) is 3. The molecule has 1 heterocycles. The lowest BCUT2D eigenvalue weighted by Gasteiger charge is -2.14. The van der Waals surface area contributed by atoms with Crippen molar-refractivity contribution in [3.8, 4) is 11.5 Å². The van der Waals surface area contributed by atoms with Crippen LogP contribution in [-0.4, -0.2) is 26.3 Å². The third-order valence-electron chi connectivity index (χ3n) is 2.38. The normalized spacial score (nSPS) is 20.8. The Morgan fingerprint density at radius 3 is 2.71 bits per heavy atom. The molecule has 1 aromatic rings. The van der Waals surface area contributed by atoms with Gasteiger partial charge in [-0.15, -0.1) is 0 Å². The minimum atomic E-state index is 0.284. The quantitative estimate of drug-likeness (QED) is 0.787. The van der Waals surface area contributed by atoms with E-state index in [1.807, 2.05) is 24.3 Å². The van der Waals surface area contributed by atoms with Crippen LogP contribution >= 0.6 is 0 Å². The van der Waals surface area contributed by atoms with Gasteiger partial charge in [0.25, 0.3) is 0 Å². The van der Waals surface area contributed by atoms with E-state index in [0.717, 1.165) is 31.0 Å². The molecule has 0 amide bonds. The molecule has 76 valence electrons. The Labute approximate surface area is 84.0 Å². The first kappa shape index (κ1) is 9.34. The van der Waals surface area contributed by atoms with Gasteiger partial charge < -0.3 is 14.8 Å². The van der Waals surface area contributed by atoms with Gasteiger partial charge in [-0.2, -0.15) is 0 Å². The second kappa shape index (κ2) is 4.33. The van der Waals surface area contributed by atoms with Crippen LogP contribution in [0.1, 0.15) is 6.42 Å². The smallest absolute Gasteiger partial charge is 0.161 e. The van der Waals surface area contributed by atoms with Gasteiger partial charge in [0.1, 0.15) is 6.10 Å². The first-order chi connectivity index (χ1) is 6.90. The standard InChI is InChI=1S/C11H15NO2/c1-13-10-4-2-3-5-11(10)14-9-6-7-12-8-9/h2-5,9,12H,6-8H2,1H3. The van der Waals surface area contributed by atoms with E-state index in [-0.39, 0.29) is 6.10 Å². The Kier molecular flexibility index (Phi) is 2.89. The summed E-state index contributed by atoms with van der Waals surface area (Å²) in [5.74, 6) is 1.64. The van der Waals surface area contributed by atoms with E-state index in [0.29, 0.717) is 0 Å². The van der Waals surface area contributed by atoms with Crippen LogP contribution in [0.5, 0.6) is 11.5 Å². The predicted octanol–water partition coefficient (Wildman–Crippen LogP) is 1.44. The Morgan fingerprint density at radius 2 is 2.07 bits per heavy atom. The van der Waals surface area contributed by atoms with Gasteiger partial charge >= 0.3 is 0 Å². The summed E-state index contributed by atoms with van der Waals surface area (Å²) >= 11 is 0. The molecule has 1 N–H and O–H groups in total. The van der Waals surface area contributed by atoms with Gasteiger partial charge in [-0.3, -0.25) is 0 Å². The van der Waals surface area contributed by atoms with Crippen molar-refractivity contribution in [3.05, 3.63) is 24.3 Å². The van der Waals surface area contributed by atoms with Crippen LogP contribution in [0, 0.1) is 0 Å². The summed E-state index contributed by atoms with van der Waals surface area (Å²) in [7, 11) is 1.66. The lowest BCUT2D eigenvalue weighted by molar-refractivity contribution is 0.213. The Balaban J connectivity index is 2.07. The van der Waals surface area contributed by atoms with Crippen LogP contribution in [0.2, 0.25) is 0 Å². The molecule has 0 radical (unpaired) electrons. The monoisotopic (exact) mass is 193 g/mol. The van der Waals surface area contributed by atoms with Crippen molar-refractivity contribution in [2.75, 3.05) is 20.2 Å². The van der Waals surface area contributed by atoms with Crippen LogP contribution in [0.3, 0.4) is 0 Å². The molecule has 0 saturated carbocycles. The van der Waals surface area contributed by atoms with Gasteiger partial charge in [-0.05, 0) is 25.1 Å². The van der Waals surface area contributed by atoms with E-state index >= 15 is 0 Å². The maximum Gasteiger partial charge on any atom is 0.161 e. The van der Waals surface area contributed by atoms with Crippen molar-refractivity contribution < 1.29 is 9.47 Å². The van der Waals surface area contributed by atoms with Gasteiger partial charge in [0, 0.05) is 6.54 Å². The molecule has 1 fully saturated rings. The zero-order chi connectivity index (χ0) is 9.80. The van der Waals surface area contributed by atoms with Crippen molar-refractivity contribution in [2.24, 2.45) is 0 Å². The highest BCUT2D eigenvalue weighted by Crippen LogP contribution is 2.27. The highest BCUT2D eigenvalue weighted by atomic mass is 16.5. The molecule has 0 spiro atoms. The molecule has 0 aromatic heterocycles. The summed E-state index contributed by atoms with van der Waals surface area (Å²) in [5, 5.41) is 3.26. The minimum absolute atomic E-state index is 0.284. The third kappa shape index (κ3) is 1.99. The number of methoxy groups -OCH3 is 1. The van der Waals surface area contributed by atoms with Crippen LogP contribution < -0.4 is 14.8 Å². The maximum absolute atomic E-state index is 5.81. The fourth-order valence-corrected chi connectivity index (χ4v) is 1.62. The number of benzene rings is 1. The molecular weight excluding hydrogens is 178 g/mol. The van der Waals surface area contributed by atoms with Crippen LogP contribution in [0.4, 0.5) is 0 Å². The molecule has 0 bridgehead atoms. The molecule has 1 aliphatic heterocycles. The average molecular weight is 193 g/mol. The van der Waals surface area contributed by atoms with Crippen molar-refractivity contribution >= 4 is 0 Å². The molecule has 1 unspecified atom stereocenters. The highest BCUT2D eigenvalue weighted by molar-refractivity contribution is 5.39. The van der Waals surface area contributed by atoms with Crippen molar-refractivity contribution in [3.63, 3.8) is 0 Å². The van der Waals surface area contributed by atoms with E-state index in [4.69, 9.17) is 9.47 Å². The number of nitrogens with one attached hydrogen (secondary N) is 1. The van der Waals surface area contributed by atoms with E-state index < -0.39 is 0 Å². The summed E-state index contributed by atoms with van der Waals surface area (Å²) in [6.45, 7) is 1.97. The number of para-hydroxylation sites is 2. The van der Waals surface area contributed by atoms with Gasteiger partial charge in [-0.1, -0.05) is 12.1 Å². The second-order valence-corrected chi connectivity index (χ2v) is 3.38. The molecule has 0 aliphatic carbocycles. The summed E-state index contributed by atoms with van der Waals surface area (Å²) in [4.78, 5) is 0. The van der Waals surface area contributed by atoms with E-state index in [1.54, 1.807) is 7.11 Å². The molecular formula is C11H15NO2. The predicted molar refractivity (Wildman–Crippen MR) is 54.9 cm³/mol. The summed E-state index contributed by atoms with van der Waals surface area (Å²) in [6, 6.07) is 7.76. The van der Waals surface area contributed by atoms with E-state index in [2.05, 4.69) is 5.32 Å². The van der Waals surface area contributed by atoms with Crippen molar-refractivity contribution in [1.82, 2.24) is 5.32 Å². The number of hydrogen-bond donors (Lipinski definition) is 1. The van der Waals surface area contributed by atoms with Crippen LogP contribution in [-0.2, 0) is 0 Å². The molecule has 1 aliphatic rings. The lowest BCUT2D eigenvalue weighted by Crippen LogP contribution is -2.19. The molecule has 3 nitrogen and oxygen atoms in total. The van der Waals surface area contributed by atoms with Gasteiger partial charge in [0.05, 0.1) is 7.11 Å². The molecule has 3 heteroatoms. The van der Waals surface area contributed by atoms with Crippen molar-refractivity contribution in [2.45, 2.75) is 12.5 Å². The summed E-state index contributed by atoms with van der Waals surface area (Å²) < 4.78 is 11.0. The Bertz CT molecular complexity index is 295. The maximum atomic E-state index is 5.81. The number of rotatable bonds is 3. The Hall–Kier alpha value is -1.22. The van der Waals surface area contributed by atoms with Crippen molar-refractivity contribution in [1.29, 1.82) is 0 Å². The first-order valence-corrected chi connectivity index (χ1v) is 4.90. The summed E-state index contributed by atoms with van der Waals surface area (Å²) in [6.07, 6.45) is 1.35. The summed E-state index contributed by atoms with van der Waals surface area (Å²) in [5.41, 5.74) is 0. The van der Waals surface area contributed by atoms with Gasteiger partial charge in [0.15, 0.2) is 11.5 Å². The van der Waals surface area contributed by atoms with E-state index in [9.17, 15) is 0 Å². The first-order valence-electron chi connectivity index (χ1n) is 4.90. The second-order valence-electron chi connectivity index (χ2n) is 3.38. The van der Waals surface area contributed by atoms with Gasteiger partial charge in [-0.25, -0.2) is 0 Å². The fourth-order valence-electron chi connectivity index (χ4n) is 1.62. The highest BCUT2D eigenvalue weighted by Gasteiger charge is 2.17. The topological polar surface area (TPSA) is 30.5 Å². The molecule has 2 rings (SSSR count). The fraction of sp³-hybridized carbons (Fsp3) is 0.455. The zero-order valence-corrected chi connectivity index (χ0v) is 8.32. The molecule has 1 saturated heterocycles. The SMILES string of the molecule is COc1ccccc1OC1CCNC1. The van der Waals surface area contributed by atoms with Gasteiger partial charge in [0.2, 0.25) is 0 Å². The van der Waals surface area contributed by atoms with E-state index in [1.165, 1.54) is 0 Å². The average Bonchev–Trinajstić information content (AvgIpc) is 2.71. The number of ether oxygens (including phenoxy) is 2. The lowest BCUT2D eigenvalue weighted by atomic mass is 10.3. The molecule has 1 aromatic carbocycles. The zero-order valence-electron chi connectivity index (χ0n) is 8.32. The Morgan fingerprint density at radius 1 is 1.29 bits per heavy atom. The third-order valence-corrected chi connectivity index (χ3v) is 2.38. The minimum Gasteiger partial charge on any atom is -0.493 e.